The Morgan fingerprint density at radius 3 is 2.90 bits per heavy atom. The highest BCUT2D eigenvalue weighted by Gasteiger charge is 2.14. The number of fused-ring (bicyclic) bond motifs is 1. The molecule has 4 nitrogen and oxygen atoms in total. The van der Waals surface area contributed by atoms with E-state index in [-0.39, 0.29) is 0 Å². The molecular weight excluding hydrogens is 250 g/mol. The van der Waals surface area contributed by atoms with Crippen LogP contribution in [0.15, 0.2) is 24.3 Å². The van der Waals surface area contributed by atoms with Crippen LogP contribution < -0.4 is 5.32 Å². The minimum atomic E-state index is 0.715. The van der Waals surface area contributed by atoms with E-state index >= 15 is 0 Å². The first-order chi connectivity index (χ1) is 9.88. The molecule has 1 aliphatic rings. The number of nitrogens with one attached hydrogen (secondary N) is 2. The van der Waals surface area contributed by atoms with Crippen molar-refractivity contribution in [2.75, 3.05) is 25.1 Å². The summed E-state index contributed by atoms with van der Waals surface area (Å²) in [5.41, 5.74) is 1.73. The van der Waals surface area contributed by atoms with Crippen LogP contribution in [0, 0.1) is 17.2 Å². The molecule has 0 radical (unpaired) electrons. The summed E-state index contributed by atoms with van der Waals surface area (Å²) in [5, 5.41) is 13.7. The summed E-state index contributed by atoms with van der Waals surface area (Å²) >= 11 is 0. The molecule has 2 aromatic rings. The van der Waals surface area contributed by atoms with Gasteiger partial charge in [0.15, 0.2) is 0 Å². The summed E-state index contributed by atoms with van der Waals surface area (Å²) in [4.78, 5) is 3.29. The van der Waals surface area contributed by atoms with Crippen LogP contribution in [0.1, 0.15) is 24.8 Å². The standard InChI is InChI=1S/C16H19N3O/c17-11-14-13-3-1-2-4-15(13)19-16(14)18-8-5-12-6-9-20-10-7-12/h1-4,12,18-19H,5-10H2. The third-order valence-electron chi connectivity index (χ3n) is 4.01. The molecule has 0 unspecified atom stereocenters. The highest BCUT2D eigenvalue weighted by atomic mass is 16.5. The van der Waals surface area contributed by atoms with Crippen LogP contribution in [0.2, 0.25) is 0 Å². The Bertz CT molecular complexity index is 620. The molecular formula is C16H19N3O. The van der Waals surface area contributed by atoms with Gasteiger partial charge in [0.25, 0.3) is 0 Å². The third-order valence-corrected chi connectivity index (χ3v) is 4.01. The topological polar surface area (TPSA) is 60.8 Å². The Labute approximate surface area is 118 Å². The Morgan fingerprint density at radius 2 is 2.10 bits per heavy atom. The minimum absolute atomic E-state index is 0.715. The maximum Gasteiger partial charge on any atom is 0.122 e. The van der Waals surface area contributed by atoms with Crippen LogP contribution in [-0.4, -0.2) is 24.7 Å². The van der Waals surface area contributed by atoms with Gasteiger partial charge in [0.05, 0.1) is 0 Å². The van der Waals surface area contributed by atoms with Crippen molar-refractivity contribution in [1.82, 2.24) is 4.98 Å². The molecule has 1 fully saturated rings. The molecule has 0 amide bonds. The molecule has 2 N–H and O–H groups in total. The van der Waals surface area contributed by atoms with Gasteiger partial charge in [0, 0.05) is 30.7 Å². The highest BCUT2D eigenvalue weighted by Crippen LogP contribution is 2.25. The third kappa shape index (κ3) is 2.63. The molecule has 0 atom stereocenters. The Hall–Kier alpha value is -1.99. The first-order valence-electron chi connectivity index (χ1n) is 7.21. The number of nitriles is 1. The zero-order valence-corrected chi connectivity index (χ0v) is 11.5. The van der Waals surface area contributed by atoms with Crippen molar-refractivity contribution in [2.45, 2.75) is 19.3 Å². The lowest BCUT2D eigenvalue weighted by atomic mass is 9.97. The van der Waals surface area contributed by atoms with Gasteiger partial charge in [-0.25, -0.2) is 0 Å². The smallest absolute Gasteiger partial charge is 0.122 e. The van der Waals surface area contributed by atoms with Gasteiger partial charge >= 0.3 is 0 Å². The van der Waals surface area contributed by atoms with E-state index in [4.69, 9.17) is 4.74 Å². The number of nitrogens with zero attached hydrogens (tertiary/aromatic N) is 1. The number of H-pyrrole nitrogens is 1. The maximum atomic E-state index is 9.33. The zero-order chi connectivity index (χ0) is 13.8. The summed E-state index contributed by atoms with van der Waals surface area (Å²) in [7, 11) is 0. The Kier molecular flexibility index (Phi) is 3.89. The van der Waals surface area contributed by atoms with E-state index in [1.165, 1.54) is 0 Å². The number of anilines is 1. The van der Waals surface area contributed by atoms with E-state index in [9.17, 15) is 5.26 Å². The summed E-state index contributed by atoms with van der Waals surface area (Å²) in [6.07, 6.45) is 3.43. The largest absolute Gasteiger partial charge is 0.381 e. The molecule has 1 saturated heterocycles. The Balaban J connectivity index is 1.66. The second-order valence-corrected chi connectivity index (χ2v) is 5.30. The molecule has 1 aromatic carbocycles. The van der Waals surface area contributed by atoms with Crippen molar-refractivity contribution in [3.63, 3.8) is 0 Å². The number of ether oxygens (including phenoxy) is 1. The monoisotopic (exact) mass is 269 g/mol. The summed E-state index contributed by atoms with van der Waals surface area (Å²) in [6.45, 7) is 2.67. The van der Waals surface area contributed by atoms with E-state index < -0.39 is 0 Å². The van der Waals surface area contributed by atoms with Gasteiger partial charge < -0.3 is 15.0 Å². The molecule has 0 aliphatic carbocycles. The molecule has 0 bridgehead atoms. The molecule has 0 spiro atoms. The van der Waals surface area contributed by atoms with Crippen molar-refractivity contribution < 1.29 is 4.74 Å². The van der Waals surface area contributed by atoms with Crippen molar-refractivity contribution in [3.8, 4) is 6.07 Å². The Morgan fingerprint density at radius 1 is 1.30 bits per heavy atom. The molecule has 1 aliphatic heterocycles. The molecule has 2 heterocycles. The average molecular weight is 269 g/mol. The number of aromatic nitrogens is 1. The number of rotatable bonds is 4. The molecule has 20 heavy (non-hydrogen) atoms. The van der Waals surface area contributed by atoms with Gasteiger partial charge in [-0.1, -0.05) is 18.2 Å². The molecule has 1 aromatic heterocycles. The van der Waals surface area contributed by atoms with Crippen LogP contribution in [0.4, 0.5) is 5.82 Å². The lowest BCUT2D eigenvalue weighted by molar-refractivity contribution is 0.0649. The van der Waals surface area contributed by atoms with Gasteiger partial charge in [-0.2, -0.15) is 5.26 Å². The zero-order valence-electron chi connectivity index (χ0n) is 11.5. The predicted octanol–water partition coefficient (Wildman–Crippen LogP) is 3.27. The fraction of sp³-hybridized carbons (Fsp3) is 0.438. The number of hydrogen-bond acceptors (Lipinski definition) is 3. The molecule has 0 saturated carbocycles. The second kappa shape index (κ2) is 5.98. The fourth-order valence-electron chi connectivity index (χ4n) is 2.83. The number of benzene rings is 1. The fourth-order valence-corrected chi connectivity index (χ4v) is 2.83. The van der Waals surface area contributed by atoms with Gasteiger partial charge in [-0.3, -0.25) is 0 Å². The van der Waals surface area contributed by atoms with E-state index in [2.05, 4.69) is 16.4 Å². The van der Waals surface area contributed by atoms with Gasteiger partial charge in [-0.05, 0) is 31.2 Å². The SMILES string of the molecule is N#Cc1c(NCCC2CCOCC2)[nH]c2ccccc12. The second-order valence-electron chi connectivity index (χ2n) is 5.30. The lowest BCUT2D eigenvalue weighted by Gasteiger charge is -2.21. The van der Waals surface area contributed by atoms with Crippen LogP contribution in [0.5, 0.6) is 0 Å². The van der Waals surface area contributed by atoms with E-state index in [0.29, 0.717) is 5.56 Å². The average Bonchev–Trinajstić information content (AvgIpc) is 2.86. The van der Waals surface area contributed by atoms with Crippen molar-refractivity contribution >= 4 is 16.7 Å². The quantitative estimate of drug-likeness (QED) is 0.895. The molecule has 3 rings (SSSR count). The first kappa shape index (κ1) is 13.0. The van der Waals surface area contributed by atoms with Crippen molar-refractivity contribution in [2.24, 2.45) is 5.92 Å². The minimum Gasteiger partial charge on any atom is -0.381 e. The number of aromatic amines is 1. The van der Waals surface area contributed by atoms with E-state index in [1.807, 2.05) is 24.3 Å². The highest BCUT2D eigenvalue weighted by molar-refractivity contribution is 5.91. The van der Waals surface area contributed by atoms with Gasteiger partial charge in [-0.15, -0.1) is 0 Å². The number of hydrogen-bond donors (Lipinski definition) is 2. The van der Waals surface area contributed by atoms with Crippen LogP contribution >= 0.6 is 0 Å². The normalized spacial score (nSPS) is 16.1. The van der Waals surface area contributed by atoms with E-state index in [1.54, 1.807) is 0 Å². The van der Waals surface area contributed by atoms with E-state index in [0.717, 1.165) is 61.7 Å². The lowest BCUT2D eigenvalue weighted by Crippen LogP contribution is -2.18. The van der Waals surface area contributed by atoms with Crippen LogP contribution in [0.3, 0.4) is 0 Å². The molecule has 104 valence electrons. The summed E-state index contributed by atoms with van der Waals surface area (Å²) in [6, 6.07) is 10.2. The first-order valence-corrected chi connectivity index (χ1v) is 7.21. The van der Waals surface area contributed by atoms with Crippen molar-refractivity contribution in [3.05, 3.63) is 29.8 Å². The van der Waals surface area contributed by atoms with Gasteiger partial charge in [0.2, 0.25) is 0 Å². The predicted molar refractivity (Wildman–Crippen MR) is 79.7 cm³/mol. The van der Waals surface area contributed by atoms with Crippen LogP contribution in [0.25, 0.3) is 10.9 Å². The number of para-hydroxylation sites is 1. The summed E-state index contributed by atoms with van der Waals surface area (Å²) < 4.78 is 5.37. The summed E-state index contributed by atoms with van der Waals surface area (Å²) in [5.74, 6) is 1.59. The van der Waals surface area contributed by atoms with Crippen LogP contribution in [-0.2, 0) is 4.74 Å². The maximum absolute atomic E-state index is 9.33. The molecule has 4 heteroatoms. The van der Waals surface area contributed by atoms with Gasteiger partial charge in [0.1, 0.15) is 17.5 Å². The van der Waals surface area contributed by atoms with Crippen molar-refractivity contribution in [1.29, 1.82) is 5.26 Å².